The Hall–Kier alpha value is -1.54. The fourth-order valence-electron chi connectivity index (χ4n) is 1.23. The van der Waals surface area contributed by atoms with Gasteiger partial charge in [-0.1, -0.05) is 18.5 Å². The molecular formula is C10H13ClFN3O3S. The number of nitrogen functional groups attached to an aromatic ring is 1. The highest BCUT2D eigenvalue weighted by atomic mass is 35.5. The number of carbonyl (C=O) groups excluding carboxylic acids is 1. The van der Waals surface area contributed by atoms with E-state index in [1.54, 1.807) is 11.6 Å². The SMILES string of the molecule is CCCNC(=O)NS(=O)(=O)c1cc(N)cc(Cl)c1F. The maximum Gasteiger partial charge on any atom is 0.328 e. The van der Waals surface area contributed by atoms with Crippen molar-refractivity contribution in [2.45, 2.75) is 18.2 Å². The summed E-state index contributed by atoms with van der Waals surface area (Å²) in [6, 6.07) is 1.02. The molecule has 0 fully saturated rings. The van der Waals surface area contributed by atoms with Gasteiger partial charge in [0, 0.05) is 12.2 Å². The molecule has 0 aromatic heterocycles. The lowest BCUT2D eigenvalue weighted by molar-refractivity contribution is 0.246. The van der Waals surface area contributed by atoms with Crippen LogP contribution in [0, 0.1) is 5.82 Å². The first-order chi connectivity index (χ1) is 8.77. The summed E-state index contributed by atoms with van der Waals surface area (Å²) in [5, 5.41) is 1.86. The van der Waals surface area contributed by atoms with Crippen molar-refractivity contribution in [3.8, 4) is 0 Å². The molecule has 4 N–H and O–H groups in total. The molecule has 1 rings (SSSR count). The van der Waals surface area contributed by atoms with E-state index in [9.17, 15) is 17.6 Å². The van der Waals surface area contributed by atoms with Gasteiger partial charge in [0.25, 0.3) is 10.0 Å². The summed E-state index contributed by atoms with van der Waals surface area (Å²) in [6.07, 6.45) is 0.631. The molecule has 0 aliphatic heterocycles. The maximum atomic E-state index is 13.6. The molecular weight excluding hydrogens is 297 g/mol. The summed E-state index contributed by atoms with van der Waals surface area (Å²) >= 11 is 5.50. The Morgan fingerprint density at radius 1 is 1.47 bits per heavy atom. The largest absolute Gasteiger partial charge is 0.399 e. The molecule has 0 aliphatic carbocycles. The van der Waals surface area contributed by atoms with Gasteiger partial charge in [-0.15, -0.1) is 0 Å². The second-order valence-corrected chi connectivity index (χ2v) is 5.73. The lowest BCUT2D eigenvalue weighted by Gasteiger charge is -2.10. The molecule has 6 nitrogen and oxygen atoms in total. The third kappa shape index (κ3) is 3.97. The van der Waals surface area contributed by atoms with Gasteiger partial charge in [-0.05, 0) is 18.6 Å². The van der Waals surface area contributed by atoms with E-state index >= 15 is 0 Å². The van der Waals surface area contributed by atoms with Gasteiger partial charge < -0.3 is 11.1 Å². The van der Waals surface area contributed by atoms with Crippen LogP contribution in [0.25, 0.3) is 0 Å². The molecule has 0 saturated carbocycles. The van der Waals surface area contributed by atoms with Crippen LogP contribution in [-0.2, 0) is 10.0 Å². The van der Waals surface area contributed by atoms with Gasteiger partial charge in [-0.3, -0.25) is 0 Å². The standard InChI is InChI=1S/C10H13ClFN3O3S/c1-2-3-14-10(16)15-19(17,18)8-5-6(13)4-7(11)9(8)12/h4-5H,2-3,13H2,1H3,(H2,14,15,16). The van der Waals surface area contributed by atoms with Crippen molar-refractivity contribution in [3.05, 3.63) is 23.0 Å². The minimum absolute atomic E-state index is 0.0271. The van der Waals surface area contributed by atoms with E-state index in [1.165, 1.54) is 0 Å². The van der Waals surface area contributed by atoms with Crippen molar-refractivity contribution in [2.75, 3.05) is 12.3 Å². The van der Waals surface area contributed by atoms with Crippen LogP contribution < -0.4 is 15.8 Å². The Kier molecular flexibility index (Phi) is 4.96. The highest BCUT2D eigenvalue weighted by Crippen LogP contribution is 2.25. The van der Waals surface area contributed by atoms with Crippen LogP contribution in [0.2, 0.25) is 5.02 Å². The van der Waals surface area contributed by atoms with Crippen LogP contribution >= 0.6 is 11.6 Å². The number of carbonyl (C=O) groups is 1. The van der Waals surface area contributed by atoms with Crippen LogP contribution in [0.4, 0.5) is 14.9 Å². The van der Waals surface area contributed by atoms with Gasteiger partial charge in [0.1, 0.15) is 4.90 Å². The zero-order valence-electron chi connectivity index (χ0n) is 10.0. The summed E-state index contributed by atoms with van der Waals surface area (Å²) in [5.41, 5.74) is 5.37. The molecule has 0 aliphatic rings. The molecule has 0 bridgehead atoms. The van der Waals surface area contributed by atoms with Crippen molar-refractivity contribution in [1.29, 1.82) is 0 Å². The average molecular weight is 310 g/mol. The number of nitrogens with one attached hydrogen (secondary N) is 2. The number of halogens is 2. The first kappa shape index (κ1) is 15.5. The number of hydrogen-bond donors (Lipinski definition) is 3. The fraction of sp³-hybridized carbons (Fsp3) is 0.300. The number of nitrogens with two attached hydrogens (primary N) is 1. The molecule has 1 aromatic carbocycles. The topological polar surface area (TPSA) is 101 Å². The van der Waals surface area contributed by atoms with Gasteiger partial charge >= 0.3 is 6.03 Å². The first-order valence-corrected chi connectivity index (χ1v) is 7.19. The molecule has 19 heavy (non-hydrogen) atoms. The Bertz CT molecular complexity index is 592. The predicted octanol–water partition coefficient (Wildman–Crippen LogP) is 1.46. The van der Waals surface area contributed by atoms with Gasteiger partial charge in [-0.2, -0.15) is 0 Å². The van der Waals surface area contributed by atoms with Crippen LogP contribution in [0.5, 0.6) is 0 Å². The second-order valence-electron chi connectivity index (χ2n) is 3.68. The molecule has 1 aromatic rings. The zero-order valence-corrected chi connectivity index (χ0v) is 11.6. The van der Waals surface area contributed by atoms with Crippen molar-refractivity contribution in [3.63, 3.8) is 0 Å². The normalized spacial score (nSPS) is 11.1. The molecule has 0 unspecified atom stereocenters. The number of amides is 2. The van der Waals surface area contributed by atoms with E-state index in [-0.39, 0.29) is 5.69 Å². The lowest BCUT2D eigenvalue weighted by atomic mass is 10.3. The highest BCUT2D eigenvalue weighted by Gasteiger charge is 2.23. The van der Waals surface area contributed by atoms with Crippen molar-refractivity contribution < 1.29 is 17.6 Å². The van der Waals surface area contributed by atoms with Gasteiger partial charge in [0.05, 0.1) is 5.02 Å². The molecule has 0 atom stereocenters. The van der Waals surface area contributed by atoms with Crippen LogP contribution in [0.3, 0.4) is 0 Å². The number of urea groups is 1. The Morgan fingerprint density at radius 2 is 2.11 bits per heavy atom. The summed E-state index contributed by atoms with van der Waals surface area (Å²) in [4.78, 5) is 10.5. The summed E-state index contributed by atoms with van der Waals surface area (Å²) in [7, 11) is -4.37. The maximum absolute atomic E-state index is 13.6. The quantitative estimate of drug-likeness (QED) is 0.733. The van der Waals surface area contributed by atoms with Crippen LogP contribution in [0.1, 0.15) is 13.3 Å². The van der Waals surface area contributed by atoms with Crippen LogP contribution in [-0.4, -0.2) is 21.0 Å². The number of hydrogen-bond acceptors (Lipinski definition) is 4. The van der Waals surface area contributed by atoms with Crippen molar-refractivity contribution in [2.24, 2.45) is 0 Å². The van der Waals surface area contributed by atoms with E-state index in [0.29, 0.717) is 13.0 Å². The van der Waals surface area contributed by atoms with Gasteiger partial charge in [0.15, 0.2) is 5.82 Å². The predicted molar refractivity (Wildman–Crippen MR) is 69.8 cm³/mol. The summed E-state index contributed by atoms with van der Waals surface area (Å²) in [5.74, 6) is -1.16. The fourth-order valence-corrected chi connectivity index (χ4v) is 2.58. The molecule has 0 spiro atoms. The molecule has 2 amide bonds. The molecule has 106 valence electrons. The van der Waals surface area contributed by atoms with Crippen molar-refractivity contribution >= 4 is 33.3 Å². The van der Waals surface area contributed by atoms with E-state index in [1.807, 2.05) is 0 Å². The number of anilines is 1. The van der Waals surface area contributed by atoms with Crippen molar-refractivity contribution in [1.82, 2.24) is 10.0 Å². The van der Waals surface area contributed by atoms with Gasteiger partial charge in [0.2, 0.25) is 0 Å². The Labute approximate surface area is 115 Å². The minimum Gasteiger partial charge on any atom is -0.399 e. The van der Waals surface area contributed by atoms with Crippen LogP contribution in [0.15, 0.2) is 17.0 Å². The number of rotatable bonds is 4. The Balaban J connectivity index is 3.04. The van der Waals surface area contributed by atoms with E-state index < -0.39 is 31.8 Å². The average Bonchev–Trinajstić information content (AvgIpc) is 2.30. The van der Waals surface area contributed by atoms with Gasteiger partial charge in [-0.25, -0.2) is 22.3 Å². The highest BCUT2D eigenvalue weighted by molar-refractivity contribution is 7.90. The molecule has 0 radical (unpaired) electrons. The lowest BCUT2D eigenvalue weighted by Crippen LogP contribution is -2.40. The number of benzene rings is 1. The summed E-state index contributed by atoms with van der Waals surface area (Å²) < 4.78 is 38.9. The van der Waals surface area contributed by atoms with E-state index in [4.69, 9.17) is 17.3 Å². The minimum atomic E-state index is -4.37. The summed E-state index contributed by atoms with van der Waals surface area (Å²) in [6.45, 7) is 2.09. The Morgan fingerprint density at radius 3 is 2.68 bits per heavy atom. The third-order valence-electron chi connectivity index (χ3n) is 2.07. The third-order valence-corrected chi connectivity index (χ3v) is 3.67. The smallest absolute Gasteiger partial charge is 0.328 e. The molecule has 0 heterocycles. The molecule has 0 saturated heterocycles. The second kappa shape index (κ2) is 6.07. The first-order valence-electron chi connectivity index (χ1n) is 5.33. The van der Waals surface area contributed by atoms with E-state index in [2.05, 4.69) is 5.32 Å². The molecule has 9 heteroatoms. The monoisotopic (exact) mass is 309 g/mol. The zero-order chi connectivity index (χ0) is 14.6. The number of sulfonamides is 1. The van der Waals surface area contributed by atoms with E-state index in [0.717, 1.165) is 12.1 Å².